The van der Waals surface area contributed by atoms with Crippen LogP contribution >= 0.6 is 0 Å². The van der Waals surface area contributed by atoms with Crippen LogP contribution in [0.4, 0.5) is 0 Å². The standard InChI is InChI=1S/C10H21NO/c1-2-3-8-12-10-6-4-9(11)5-7-10/h9-10H,2-8,11H2,1H3/t9-,10-. The van der Waals surface area contributed by atoms with E-state index in [0.717, 1.165) is 19.4 Å². The number of ether oxygens (including phenoxy) is 1. The molecule has 72 valence electrons. The van der Waals surface area contributed by atoms with E-state index in [4.69, 9.17) is 10.5 Å². The molecule has 1 aliphatic rings. The summed E-state index contributed by atoms with van der Waals surface area (Å²) in [7, 11) is 0. The van der Waals surface area contributed by atoms with Crippen LogP contribution in [0.3, 0.4) is 0 Å². The summed E-state index contributed by atoms with van der Waals surface area (Å²) >= 11 is 0. The highest BCUT2D eigenvalue weighted by molar-refractivity contribution is 4.74. The zero-order valence-corrected chi connectivity index (χ0v) is 8.09. The second-order valence-electron chi connectivity index (χ2n) is 3.76. The molecule has 0 amide bonds. The van der Waals surface area contributed by atoms with Gasteiger partial charge >= 0.3 is 0 Å². The first-order chi connectivity index (χ1) is 5.83. The summed E-state index contributed by atoms with van der Waals surface area (Å²) in [5.74, 6) is 0. The quantitative estimate of drug-likeness (QED) is 0.657. The van der Waals surface area contributed by atoms with Gasteiger partial charge in [0.25, 0.3) is 0 Å². The third-order valence-corrected chi connectivity index (χ3v) is 2.57. The zero-order chi connectivity index (χ0) is 8.81. The van der Waals surface area contributed by atoms with E-state index in [1.807, 2.05) is 0 Å². The number of unbranched alkanes of at least 4 members (excludes halogenated alkanes) is 1. The molecule has 2 nitrogen and oxygen atoms in total. The van der Waals surface area contributed by atoms with Gasteiger partial charge in [-0.2, -0.15) is 0 Å². The Labute approximate surface area is 75.5 Å². The van der Waals surface area contributed by atoms with Crippen LogP contribution in [0, 0.1) is 0 Å². The van der Waals surface area contributed by atoms with Crippen molar-refractivity contribution >= 4 is 0 Å². The molecule has 0 atom stereocenters. The molecule has 0 unspecified atom stereocenters. The van der Waals surface area contributed by atoms with Crippen LogP contribution in [0.1, 0.15) is 45.4 Å². The minimum atomic E-state index is 0.441. The number of rotatable bonds is 4. The molecule has 2 heteroatoms. The van der Waals surface area contributed by atoms with Crippen molar-refractivity contribution in [2.75, 3.05) is 6.61 Å². The van der Waals surface area contributed by atoms with E-state index < -0.39 is 0 Å². The van der Waals surface area contributed by atoms with Gasteiger partial charge in [0.05, 0.1) is 6.10 Å². The summed E-state index contributed by atoms with van der Waals surface area (Å²) in [6.07, 6.45) is 7.58. The van der Waals surface area contributed by atoms with Crippen LogP contribution in [0.2, 0.25) is 0 Å². The normalized spacial score (nSPS) is 30.5. The molecule has 0 saturated heterocycles. The van der Waals surface area contributed by atoms with Gasteiger partial charge in [-0.25, -0.2) is 0 Å². The molecule has 12 heavy (non-hydrogen) atoms. The molecular formula is C10H21NO. The minimum absolute atomic E-state index is 0.441. The lowest BCUT2D eigenvalue weighted by Crippen LogP contribution is -2.30. The maximum absolute atomic E-state index is 5.80. The van der Waals surface area contributed by atoms with Gasteiger partial charge < -0.3 is 10.5 Å². The Kier molecular flexibility index (Phi) is 4.62. The molecule has 0 aromatic rings. The van der Waals surface area contributed by atoms with Crippen molar-refractivity contribution in [2.45, 2.75) is 57.6 Å². The number of hydrogen-bond acceptors (Lipinski definition) is 2. The zero-order valence-electron chi connectivity index (χ0n) is 8.09. The van der Waals surface area contributed by atoms with Gasteiger partial charge in [-0.1, -0.05) is 13.3 Å². The molecular weight excluding hydrogens is 150 g/mol. The Bertz CT molecular complexity index is 108. The van der Waals surface area contributed by atoms with Gasteiger partial charge in [0.15, 0.2) is 0 Å². The highest BCUT2D eigenvalue weighted by Gasteiger charge is 2.18. The monoisotopic (exact) mass is 171 g/mol. The lowest BCUT2D eigenvalue weighted by molar-refractivity contribution is 0.0237. The highest BCUT2D eigenvalue weighted by atomic mass is 16.5. The van der Waals surface area contributed by atoms with Crippen molar-refractivity contribution in [3.8, 4) is 0 Å². The summed E-state index contributed by atoms with van der Waals surface area (Å²) in [5, 5.41) is 0. The summed E-state index contributed by atoms with van der Waals surface area (Å²) in [5.41, 5.74) is 5.80. The fraction of sp³-hybridized carbons (Fsp3) is 1.00. The van der Waals surface area contributed by atoms with E-state index >= 15 is 0 Å². The molecule has 1 saturated carbocycles. The predicted octanol–water partition coefficient (Wildman–Crippen LogP) is 2.07. The molecule has 0 bridgehead atoms. The Hall–Kier alpha value is -0.0800. The third kappa shape index (κ3) is 3.55. The van der Waals surface area contributed by atoms with Crippen molar-refractivity contribution in [3.63, 3.8) is 0 Å². The number of nitrogens with two attached hydrogens (primary N) is 1. The van der Waals surface area contributed by atoms with E-state index in [2.05, 4.69) is 6.92 Å². The topological polar surface area (TPSA) is 35.2 Å². The van der Waals surface area contributed by atoms with E-state index in [1.165, 1.54) is 25.7 Å². The largest absolute Gasteiger partial charge is 0.378 e. The minimum Gasteiger partial charge on any atom is -0.378 e. The second-order valence-corrected chi connectivity index (χ2v) is 3.76. The molecule has 0 aliphatic heterocycles. The fourth-order valence-electron chi connectivity index (χ4n) is 1.65. The molecule has 1 rings (SSSR count). The lowest BCUT2D eigenvalue weighted by Gasteiger charge is -2.26. The highest BCUT2D eigenvalue weighted by Crippen LogP contribution is 2.19. The molecule has 1 fully saturated rings. The first-order valence-electron chi connectivity index (χ1n) is 5.20. The van der Waals surface area contributed by atoms with Crippen LogP contribution < -0.4 is 5.73 Å². The van der Waals surface area contributed by atoms with Crippen LogP contribution in [0.25, 0.3) is 0 Å². The Balaban J connectivity index is 2.01. The lowest BCUT2D eigenvalue weighted by atomic mass is 9.94. The molecule has 1 aliphatic carbocycles. The predicted molar refractivity (Wildman–Crippen MR) is 51.1 cm³/mol. The first kappa shape index (κ1) is 10.0. The second kappa shape index (κ2) is 5.55. The molecule has 0 heterocycles. The van der Waals surface area contributed by atoms with Crippen molar-refractivity contribution in [1.29, 1.82) is 0 Å². The maximum atomic E-state index is 5.80. The summed E-state index contributed by atoms with van der Waals surface area (Å²) < 4.78 is 5.72. The molecule has 0 spiro atoms. The van der Waals surface area contributed by atoms with Gasteiger partial charge in [0.1, 0.15) is 0 Å². The van der Waals surface area contributed by atoms with Gasteiger partial charge in [-0.3, -0.25) is 0 Å². The molecule has 0 radical (unpaired) electrons. The molecule has 2 N–H and O–H groups in total. The fourth-order valence-corrected chi connectivity index (χ4v) is 1.65. The van der Waals surface area contributed by atoms with E-state index in [1.54, 1.807) is 0 Å². The van der Waals surface area contributed by atoms with Crippen molar-refractivity contribution in [2.24, 2.45) is 5.73 Å². The van der Waals surface area contributed by atoms with Gasteiger partial charge in [-0.05, 0) is 32.1 Å². The summed E-state index contributed by atoms with van der Waals surface area (Å²) in [6, 6.07) is 0.441. The third-order valence-electron chi connectivity index (χ3n) is 2.57. The Morgan fingerprint density at radius 1 is 1.25 bits per heavy atom. The molecule has 0 aromatic heterocycles. The first-order valence-corrected chi connectivity index (χ1v) is 5.20. The Morgan fingerprint density at radius 3 is 2.50 bits per heavy atom. The molecule has 0 aromatic carbocycles. The van der Waals surface area contributed by atoms with Crippen molar-refractivity contribution in [1.82, 2.24) is 0 Å². The SMILES string of the molecule is CCCCO[C@H]1CC[C@H](N)CC1. The summed E-state index contributed by atoms with van der Waals surface area (Å²) in [4.78, 5) is 0. The average molecular weight is 171 g/mol. The van der Waals surface area contributed by atoms with E-state index in [9.17, 15) is 0 Å². The summed E-state index contributed by atoms with van der Waals surface area (Å²) in [6.45, 7) is 3.14. The van der Waals surface area contributed by atoms with Gasteiger partial charge in [0.2, 0.25) is 0 Å². The van der Waals surface area contributed by atoms with Gasteiger partial charge in [0, 0.05) is 12.6 Å². The van der Waals surface area contributed by atoms with Crippen LogP contribution in [-0.2, 0) is 4.74 Å². The van der Waals surface area contributed by atoms with E-state index in [-0.39, 0.29) is 0 Å². The van der Waals surface area contributed by atoms with Crippen LogP contribution in [0.5, 0.6) is 0 Å². The van der Waals surface area contributed by atoms with Crippen LogP contribution in [-0.4, -0.2) is 18.8 Å². The average Bonchev–Trinajstić information content (AvgIpc) is 2.09. The van der Waals surface area contributed by atoms with Crippen molar-refractivity contribution in [3.05, 3.63) is 0 Å². The maximum Gasteiger partial charge on any atom is 0.0576 e. The van der Waals surface area contributed by atoms with Crippen molar-refractivity contribution < 1.29 is 4.74 Å². The van der Waals surface area contributed by atoms with Crippen LogP contribution in [0.15, 0.2) is 0 Å². The van der Waals surface area contributed by atoms with E-state index in [0.29, 0.717) is 12.1 Å². The Morgan fingerprint density at radius 2 is 1.92 bits per heavy atom. The van der Waals surface area contributed by atoms with Gasteiger partial charge in [-0.15, -0.1) is 0 Å². The number of hydrogen-bond donors (Lipinski definition) is 1. The smallest absolute Gasteiger partial charge is 0.0576 e.